The second-order valence-corrected chi connectivity index (χ2v) is 9.74. The smallest absolute Gasteiger partial charge is 0.353 e. The van der Waals surface area contributed by atoms with Crippen LogP contribution in [0.5, 0.6) is 0 Å². The van der Waals surface area contributed by atoms with Gasteiger partial charge >= 0.3 is 5.97 Å². The molecule has 156 valence electrons. The minimum Gasteiger partial charge on any atom is -0.477 e. The van der Waals surface area contributed by atoms with Crippen molar-refractivity contribution < 1.29 is 24.9 Å². The van der Waals surface area contributed by atoms with Crippen molar-refractivity contribution in [2.45, 2.75) is 42.8 Å². The molecule has 3 aliphatic rings. The van der Waals surface area contributed by atoms with Gasteiger partial charge in [-0.2, -0.15) is 0 Å². The van der Waals surface area contributed by atoms with Crippen LogP contribution in [-0.2, 0) is 9.59 Å². The maximum atomic E-state index is 12.4. The molecule has 0 saturated carbocycles. The van der Waals surface area contributed by atoms with Crippen LogP contribution in [0.3, 0.4) is 0 Å². The van der Waals surface area contributed by atoms with Crippen molar-refractivity contribution in [2.75, 3.05) is 13.2 Å². The Morgan fingerprint density at radius 2 is 2.28 bits per heavy atom. The molecule has 4 N–H and O–H groups in total. The minimum atomic E-state index is -1.14. The van der Waals surface area contributed by atoms with E-state index in [4.69, 9.17) is 0 Å². The Bertz CT molecular complexity index is 909. The summed E-state index contributed by atoms with van der Waals surface area (Å²) in [5, 5.41) is 34.2. The Morgan fingerprint density at radius 1 is 1.52 bits per heavy atom. The van der Waals surface area contributed by atoms with Gasteiger partial charge in [0.25, 0.3) is 0 Å². The predicted octanol–water partition coefficient (Wildman–Crippen LogP) is 1.13. The minimum absolute atomic E-state index is 0.00702. The molecule has 1 aromatic heterocycles. The number of fused-ring (bicyclic) bond motifs is 1. The Balaban J connectivity index is 1.58. The lowest BCUT2D eigenvalue weighted by atomic mass is 9.79. The average molecular weight is 438 g/mol. The largest absolute Gasteiger partial charge is 0.477 e. The van der Waals surface area contributed by atoms with Crippen molar-refractivity contribution in [3.63, 3.8) is 0 Å². The highest BCUT2D eigenvalue weighted by atomic mass is 32.2. The van der Waals surface area contributed by atoms with E-state index < -0.39 is 18.0 Å². The van der Waals surface area contributed by atoms with Crippen LogP contribution >= 0.6 is 23.1 Å². The molecular weight excluding hydrogens is 414 g/mol. The molecule has 1 aromatic rings. The van der Waals surface area contributed by atoms with Crippen LogP contribution in [0.15, 0.2) is 26.4 Å². The third kappa shape index (κ3) is 3.42. The summed E-state index contributed by atoms with van der Waals surface area (Å²) in [5.41, 5.74) is 1.90. The zero-order valence-corrected chi connectivity index (χ0v) is 17.7. The topological polar surface area (TPSA) is 123 Å². The van der Waals surface area contributed by atoms with Gasteiger partial charge < -0.3 is 25.5 Å². The van der Waals surface area contributed by atoms with E-state index in [1.165, 1.54) is 28.0 Å². The number of aliphatic hydroxyl groups is 2. The average Bonchev–Trinajstić information content (AvgIpc) is 3.24. The number of carbonyl (C=O) groups is 2. The van der Waals surface area contributed by atoms with Crippen molar-refractivity contribution in [3.8, 4) is 0 Å². The first kappa shape index (κ1) is 20.5. The molecule has 4 heterocycles. The molecule has 0 aliphatic carbocycles. The van der Waals surface area contributed by atoms with Gasteiger partial charge in [0.05, 0.1) is 30.4 Å². The van der Waals surface area contributed by atoms with Crippen molar-refractivity contribution >= 4 is 40.5 Å². The summed E-state index contributed by atoms with van der Waals surface area (Å²) in [6, 6.07) is -0.316. The van der Waals surface area contributed by atoms with Gasteiger partial charge in [0.2, 0.25) is 5.91 Å². The van der Waals surface area contributed by atoms with Crippen molar-refractivity contribution in [1.82, 2.24) is 15.2 Å². The molecule has 1 amide bonds. The summed E-state index contributed by atoms with van der Waals surface area (Å²) in [4.78, 5) is 30.9. The molecule has 29 heavy (non-hydrogen) atoms. The Morgan fingerprint density at radius 3 is 2.93 bits per heavy atom. The summed E-state index contributed by atoms with van der Waals surface area (Å²) in [6.45, 7) is 4.20. The van der Waals surface area contributed by atoms with Crippen molar-refractivity contribution in [2.24, 2.45) is 11.8 Å². The van der Waals surface area contributed by atoms with Gasteiger partial charge in [-0.15, -0.1) is 11.3 Å². The van der Waals surface area contributed by atoms with Gasteiger partial charge in [-0.3, -0.25) is 4.79 Å². The van der Waals surface area contributed by atoms with E-state index in [0.717, 1.165) is 11.3 Å². The zero-order valence-electron chi connectivity index (χ0n) is 16.0. The number of carboxylic acids is 1. The molecular formula is C19H23N3O5S2. The van der Waals surface area contributed by atoms with Crippen molar-refractivity contribution in [1.29, 1.82) is 0 Å². The first-order valence-corrected chi connectivity index (χ1v) is 11.2. The van der Waals surface area contributed by atoms with Gasteiger partial charge in [0.1, 0.15) is 5.70 Å². The van der Waals surface area contributed by atoms with Gasteiger partial charge in [-0.05, 0) is 18.9 Å². The highest BCUT2D eigenvalue weighted by Crippen LogP contribution is 2.52. The van der Waals surface area contributed by atoms with Gasteiger partial charge in [0, 0.05) is 28.8 Å². The number of carbonyl (C=O) groups excluding carboxylic acids is 1. The Hall–Kier alpha value is -1.72. The number of β-lactam (4-membered cyclic amide) rings is 1. The van der Waals surface area contributed by atoms with Gasteiger partial charge in [0.15, 0.2) is 4.34 Å². The number of thioether (sulfide) groups is 1. The fourth-order valence-electron chi connectivity index (χ4n) is 4.31. The number of nitrogens with one attached hydrogen (secondary N) is 1. The highest BCUT2D eigenvalue weighted by molar-refractivity contribution is 8.04. The number of hydrogen-bond donors (Lipinski definition) is 4. The molecule has 0 bridgehead atoms. The Kier molecular flexibility index (Phi) is 5.56. The molecule has 10 heteroatoms. The quantitative estimate of drug-likeness (QED) is 0.489. The molecule has 0 radical (unpaired) electrons. The Labute approximate surface area is 176 Å². The number of hydrogen-bond acceptors (Lipinski definition) is 8. The van der Waals surface area contributed by atoms with E-state index in [2.05, 4.69) is 10.3 Å². The lowest BCUT2D eigenvalue weighted by Gasteiger charge is -2.46. The summed E-state index contributed by atoms with van der Waals surface area (Å²) in [5.74, 6) is -2.23. The number of rotatable bonds is 6. The van der Waals surface area contributed by atoms with Crippen LogP contribution in [0, 0.1) is 11.8 Å². The first-order valence-electron chi connectivity index (χ1n) is 9.49. The van der Waals surface area contributed by atoms with E-state index in [9.17, 15) is 24.9 Å². The molecule has 0 aromatic carbocycles. The van der Waals surface area contributed by atoms with Crippen LogP contribution in [0.25, 0.3) is 5.57 Å². The fraction of sp³-hybridized carbons (Fsp3) is 0.526. The maximum absolute atomic E-state index is 12.4. The van der Waals surface area contributed by atoms with E-state index in [1.807, 2.05) is 18.4 Å². The molecule has 8 nitrogen and oxygen atoms in total. The number of thiazole rings is 1. The molecule has 0 spiro atoms. The third-order valence-corrected chi connectivity index (χ3v) is 7.99. The highest BCUT2D eigenvalue weighted by Gasteiger charge is 2.60. The standard InChI is InChI=1S/C19H23N3O5S2/c1-8-14-13(9(2)24)17(25)22(14)15(18(26)27)16(8)29-19-21-12(7-28-19)10-3-4-20-11(5-10)6-23/h3,7-9,11,13-14,20,23-24H,4-6H2,1-2H3,(H,26,27)/t8-,9?,11-,13-,14-/m1/s1. The fourth-order valence-corrected chi connectivity index (χ4v) is 6.42. The van der Waals surface area contributed by atoms with Gasteiger partial charge in [-0.25, -0.2) is 9.78 Å². The third-order valence-electron chi connectivity index (χ3n) is 5.76. The second-order valence-electron chi connectivity index (χ2n) is 7.59. The summed E-state index contributed by atoms with van der Waals surface area (Å²) >= 11 is 2.72. The van der Waals surface area contributed by atoms with E-state index in [1.54, 1.807) is 6.92 Å². The maximum Gasteiger partial charge on any atom is 0.353 e. The van der Waals surface area contributed by atoms with E-state index >= 15 is 0 Å². The SMILES string of the molecule is CC(O)[C@H]1C(=O)N2C(C(=O)O)=C(Sc3nc(C4=CCN[C@@H](CO)C4)cs3)[C@H](C)[C@H]12. The second kappa shape index (κ2) is 7.84. The summed E-state index contributed by atoms with van der Waals surface area (Å²) < 4.78 is 0.712. The van der Waals surface area contributed by atoms with Crippen LogP contribution in [0.1, 0.15) is 26.0 Å². The summed E-state index contributed by atoms with van der Waals surface area (Å²) in [6.07, 6.45) is 1.92. The molecule has 4 rings (SSSR count). The molecule has 5 atom stereocenters. The van der Waals surface area contributed by atoms with Crippen LogP contribution in [0.4, 0.5) is 0 Å². The first-order chi connectivity index (χ1) is 13.8. The lowest BCUT2D eigenvalue weighted by molar-refractivity contribution is -0.163. The number of nitrogens with zero attached hydrogens (tertiary/aromatic N) is 2. The molecule has 3 aliphatic heterocycles. The number of aliphatic hydroxyl groups excluding tert-OH is 2. The predicted molar refractivity (Wildman–Crippen MR) is 109 cm³/mol. The number of amides is 1. The summed E-state index contributed by atoms with van der Waals surface area (Å²) in [7, 11) is 0. The number of aromatic nitrogens is 1. The van der Waals surface area contributed by atoms with Gasteiger partial charge in [-0.1, -0.05) is 24.8 Å². The van der Waals surface area contributed by atoms with E-state index in [-0.39, 0.29) is 36.2 Å². The monoisotopic (exact) mass is 437 g/mol. The van der Waals surface area contributed by atoms with Crippen LogP contribution in [0.2, 0.25) is 0 Å². The van der Waals surface area contributed by atoms with Crippen LogP contribution < -0.4 is 5.32 Å². The lowest BCUT2D eigenvalue weighted by Crippen LogP contribution is -2.63. The van der Waals surface area contributed by atoms with Crippen molar-refractivity contribution in [3.05, 3.63) is 27.8 Å². The molecule has 1 unspecified atom stereocenters. The number of aliphatic carboxylic acids is 1. The van der Waals surface area contributed by atoms with Crippen LogP contribution in [-0.4, -0.2) is 68.4 Å². The molecule has 1 fully saturated rings. The van der Waals surface area contributed by atoms with E-state index in [0.29, 0.717) is 22.2 Å². The zero-order chi connectivity index (χ0) is 20.9. The molecule has 1 saturated heterocycles. The number of carboxylic acid groups (broad SMARTS) is 1. The normalized spacial score (nSPS) is 30.1.